The van der Waals surface area contributed by atoms with E-state index in [0.717, 1.165) is 11.4 Å². The summed E-state index contributed by atoms with van der Waals surface area (Å²) in [6.45, 7) is 4.39. The molecule has 0 spiro atoms. The van der Waals surface area contributed by atoms with Gasteiger partial charge in [0.1, 0.15) is 0 Å². The van der Waals surface area contributed by atoms with Crippen LogP contribution < -0.4 is 10.6 Å². The molecule has 0 aliphatic heterocycles. The molecule has 0 aromatic heterocycles. The van der Waals surface area contributed by atoms with Crippen molar-refractivity contribution < 1.29 is 9.53 Å². The fourth-order valence-electron chi connectivity index (χ4n) is 1.52. The monoisotopic (exact) mass is 270 g/mol. The van der Waals surface area contributed by atoms with Crippen LogP contribution >= 0.6 is 11.6 Å². The summed E-state index contributed by atoms with van der Waals surface area (Å²) < 4.78 is 5.05. The largest absolute Gasteiger partial charge is 0.383 e. The summed E-state index contributed by atoms with van der Waals surface area (Å²) in [5, 5.41) is 6.65. The number of methoxy groups -OCH3 is 1. The zero-order valence-electron chi connectivity index (χ0n) is 10.9. The van der Waals surface area contributed by atoms with Gasteiger partial charge in [-0.1, -0.05) is 18.5 Å². The second-order valence-corrected chi connectivity index (χ2v) is 4.50. The van der Waals surface area contributed by atoms with Gasteiger partial charge >= 0.3 is 0 Å². The first-order valence-corrected chi connectivity index (χ1v) is 6.29. The normalized spacial score (nSPS) is 12.0. The van der Waals surface area contributed by atoms with Crippen molar-refractivity contribution in [2.45, 2.75) is 26.3 Å². The van der Waals surface area contributed by atoms with Crippen molar-refractivity contribution in [2.24, 2.45) is 0 Å². The number of ether oxygens (including phenoxy) is 1. The minimum atomic E-state index is -0.0202. The van der Waals surface area contributed by atoms with Gasteiger partial charge in [-0.3, -0.25) is 4.79 Å². The lowest BCUT2D eigenvalue weighted by atomic mass is 10.2. The Labute approximate surface area is 113 Å². The summed E-state index contributed by atoms with van der Waals surface area (Å²) in [7, 11) is 1.65. The van der Waals surface area contributed by atoms with Gasteiger partial charge in [-0.25, -0.2) is 0 Å². The van der Waals surface area contributed by atoms with Gasteiger partial charge in [-0.05, 0) is 25.1 Å². The molecule has 1 rings (SSSR count). The lowest BCUT2D eigenvalue weighted by Gasteiger charge is -2.16. The van der Waals surface area contributed by atoms with E-state index in [2.05, 4.69) is 10.6 Å². The van der Waals surface area contributed by atoms with Crippen LogP contribution in [0.25, 0.3) is 0 Å². The molecule has 18 heavy (non-hydrogen) atoms. The molecule has 1 unspecified atom stereocenters. The summed E-state index contributed by atoms with van der Waals surface area (Å²) in [5.74, 6) is -0.0202. The molecule has 100 valence electrons. The Bertz CT molecular complexity index is 410. The summed E-state index contributed by atoms with van der Waals surface area (Å²) >= 11 is 6.09. The number of carbonyl (C=O) groups excluding carboxylic acids is 1. The molecule has 0 fully saturated rings. The van der Waals surface area contributed by atoms with E-state index in [4.69, 9.17) is 16.3 Å². The number of anilines is 2. The number of rotatable bonds is 6. The molecule has 5 heteroatoms. The summed E-state index contributed by atoms with van der Waals surface area (Å²) in [5.41, 5.74) is 1.52. The molecule has 0 bridgehead atoms. The molecule has 0 aliphatic rings. The number of carbonyl (C=O) groups is 1. The van der Waals surface area contributed by atoms with E-state index in [-0.39, 0.29) is 11.9 Å². The molecule has 1 aromatic carbocycles. The second-order valence-electron chi connectivity index (χ2n) is 4.10. The Kier molecular flexibility index (Phi) is 5.95. The second kappa shape index (κ2) is 7.24. The Morgan fingerprint density at radius 2 is 2.22 bits per heavy atom. The van der Waals surface area contributed by atoms with Crippen molar-refractivity contribution in [1.29, 1.82) is 0 Å². The van der Waals surface area contributed by atoms with Gasteiger partial charge in [0.2, 0.25) is 5.91 Å². The molecule has 0 saturated heterocycles. The summed E-state index contributed by atoms with van der Waals surface area (Å²) in [6.07, 6.45) is 0.450. The van der Waals surface area contributed by atoms with E-state index in [9.17, 15) is 4.79 Å². The van der Waals surface area contributed by atoms with E-state index in [1.807, 2.05) is 19.9 Å². The molecule has 0 heterocycles. The SMILES string of the molecule is CCC(=O)Nc1ccc(Cl)c(NC(C)COC)c1. The zero-order chi connectivity index (χ0) is 13.5. The van der Waals surface area contributed by atoms with Gasteiger partial charge in [0.25, 0.3) is 0 Å². The first-order chi connectivity index (χ1) is 8.56. The van der Waals surface area contributed by atoms with Crippen LogP contribution in [0.15, 0.2) is 18.2 Å². The van der Waals surface area contributed by atoms with Gasteiger partial charge in [-0.15, -0.1) is 0 Å². The van der Waals surface area contributed by atoms with Gasteiger partial charge < -0.3 is 15.4 Å². The first kappa shape index (κ1) is 14.8. The van der Waals surface area contributed by atoms with Crippen molar-refractivity contribution in [3.8, 4) is 0 Å². The number of benzene rings is 1. The van der Waals surface area contributed by atoms with Crippen molar-refractivity contribution in [1.82, 2.24) is 0 Å². The molecular weight excluding hydrogens is 252 g/mol. The van der Waals surface area contributed by atoms with Crippen LogP contribution in [-0.2, 0) is 9.53 Å². The van der Waals surface area contributed by atoms with Crippen molar-refractivity contribution in [2.75, 3.05) is 24.4 Å². The topological polar surface area (TPSA) is 50.4 Å². The van der Waals surface area contributed by atoms with E-state index in [0.29, 0.717) is 18.1 Å². The smallest absolute Gasteiger partial charge is 0.224 e. The third-order valence-electron chi connectivity index (χ3n) is 2.39. The third kappa shape index (κ3) is 4.55. The minimum Gasteiger partial charge on any atom is -0.383 e. The van der Waals surface area contributed by atoms with E-state index in [1.54, 1.807) is 19.2 Å². The highest BCUT2D eigenvalue weighted by Gasteiger charge is 2.07. The van der Waals surface area contributed by atoms with E-state index < -0.39 is 0 Å². The number of amides is 1. The molecule has 0 radical (unpaired) electrons. The van der Waals surface area contributed by atoms with Crippen LogP contribution in [0, 0.1) is 0 Å². The maximum Gasteiger partial charge on any atom is 0.224 e. The van der Waals surface area contributed by atoms with Crippen LogP contribution in [0.3, 0.4) is 0 Å². The number of nitrogens with one attached hydrogen (secondary N) is 2. The highest BCUT2D eigenvalue weighted by molar-refractivity contribution is 6.33. The first-order valence-electron chi connectivity index (χ1n) is 5.91. The molecule has 1 atom stereocenters. The summed E-state index contributed by atoms with van der Waals surface area (Å²) in [6, 6.07) is 5.50. The van der Waals surface area contributed by atoms with E-state index >= 15 is 0 Å². The van der Waals surface area contributed by atoms with Crippen molar-refractivity contribution in [3.05, 3.63) is 23.2 Å². The fraction of sp³-hybridized carbons (Fsp3) is 0.462. The summed E-state index contributed by atoms with van der Waals surface area (Å²) in [4.78, 5) is 11.3. The Morgan fingerprint density at radius 1 is 1.50 bits per heavy atom. The van der Waals surface area contributed by atoms with Crippen LogP contribution in [0.5, 0.6) is 0 Å². The quantitative estimate of drug-likeness (QED) is 0.835. The minimum absolute atomic E-state index is 0.0202. The molecule has 1 amide bonds. The number of halogens is 1. The molecule has 4 nitrogen and oxygen atoms in total. The standard InChI is InChI=1S/C13H19ClN2O2/c1-4-13(17)16-10-5-6-11(14)12(7-10)15-9(2)8-18-3/h5-7,9,15H,4,8H2,1-3H3,(H,16,17). The van der Waals surface area contributed by atoms with Crippen molar-refractivity contribution in [3.63, 3.8) is 0 Å². The van der Waals surface area contributed by atoms with Gasteiger partial charge in [-0.2, -0.15) is 0 Å². The zero-order valence-corrected chi connectivity index (χ0v) is 11.7. The average molecular weight is 271 g/mol. The molecule has 0 saturated carbocycles. The molecule has 0 aliphatic carbocycles. The van der Waals surface area contributed by atoms with Crippen LogP contribution in [0.4, 0.5) is 11.4 Å². The van der Waals surface area contributed by atoms with Gasteiger partial charge in [0.15, 0.2) is 0 Å². The Balaban J connectivity index is 2.77. The Morgan fingerprint density at radius 3 is 2.83 bits per heavy atom. The van der Waals surface area contributed by atoms with Gasteiger partial charge in [0, 0.05) is 25.3 Å². The maximum absolute atomic E-state index is 11.3. The molecule has 2 N–H and O–H groups in total. The van der Waals surface area contributed by atoms with Gasteiger partial charge in [0.05, 0.1) is 17.3 Å². The molecule has 1 aromatic rings. The third-order valence-corrected chi connectivity index (χ3v) is 2.72. The fourth-order valence-corrected chi connectivity index (χ4v) is 1.69. The Hall–Kier alpha value is -1.26. The molecular formula is C13H19ClN2O2. The van der Waals surface area contributed by atoms with Crippen LogP contribution in [-0.4, -0.2) is 25.7 Å². The lowest BCUT2D eigenvalue weighted by Crippen LogP contribution is -2.21. The van der Waals surface area contributed by atoms with Crippen LogP contribution in [0.2, 0.25) is 5.02 Å². The number of hydrogen-bond donors (Lipinski definition) is 2. The highest BCUT2D eigenvalue weighted by atomic mass is 35.5. The predicted octanol–water partition coefficient (Wildman–Crippen LogP) is 3.14. The predicted molar refractivity (Wildman–Crippen MR) is 75.3 cm³/mol. The maximum atomic E-state index is 11.3. The lowest BCUT2D eigenvalue weighted by molar-refractivity contribution is -0.115. The van der Waals surface area contributed by atoms with E-state index in [1.165, 1.54) is 0 Å². The van der Waals surface area contributed by atoms with Crippen molar-refractivity contribution >= 4 is 28.9 Å². The van der Waals surface area contributed by atoms with Crippen LogP contribution in [0.1, 0.15) is 20.3 Å². The highest BCUT2D eigenvalue weighted by Crippen LogP contribution is 2.26. The number of hydrogen-bond acceptors (Lipinski definition) is 3. The average Bonchev–Trinajstić information content (AvgIpc) is 2.33.